The summed E-state index contributed by atoms with van der Waals surface area (Å²) in [7, 11) is 0. The first-order chi connectivity index (χ1) is 29.8. The van der Waals surface area contributed by atoms with Crippen LogP contribution in [0.2, 0.25) is 0 Å². The van der Waals surface area contributed by atoms with Crippen molar-refractivity contribution in [3.8, 4) is 17.2 Å². The molecule has 2 saturated heterocycles. The second-order valence-electron chi connectivity index (χ2n) is 16.6. The third-order valence-corrected chi connectivity index (χ3v) is 13.4. The fraction of sp³-hybridized carbons (Fsp3) is 0.360. The average Bonchev–Trinajstić information content (AvgIpc) is 3.83. The van der Waals surface area contributed by atoms with Crippen molar-refractivity contribution >= 4 is 29.0 Å². The molecule has 6 aromatic rings. The van der Waals surface area contributed by atoms with E-state index >= 15 is 4.79 Å². The quantitative estimate of drug-likeness (QED) is 0.0426. The third kappa shape index (κ3) is 8.90. The third-order valence-electron chi connectivity index (χ3n) is 11.8. The van der Waals surface area contributed by atoms with E-state index in [0.29, 0.717) is 54.7 Å². The number of amides is 1. The topological polar surface area (TPSA) is 91.6 Å². The molecule has 2 aliphatic heterocycles. The van der Waals surface area contributed by atoms with Gasteiger partial charge in [0.25, 0.3) is 5.91 Å². The molecule has 61 heavy (non-hydrogen) atoms. The molecule has 2 aliphatic rings. The van der Waals surface area contributed by atoms with E-state index in [-0.39, 0.29) is 17.3 Å². The number of aromatic nitrogens is 4. The minimum Gasteiger partial charge on any atom is -0.494 e. The predicted molar refractivity (Wildman–Crippen MR) is 243 cm³/mol. The highest BCUT2D eigenvalue weighted by molar-refractivity contribution is 8.01. The van der Waals surface area contributed by atoms with E-state index < -0.39 is 10.8 Å². The van der Waals surface area contributed by atoms with Crippen molar-refractivity contribution in [1.82, 2.24) is 29.6 Å². The summed E-state index contributed by atoms with van der Waals surface area (Å²) in [6.45, 7) is 11.5. The van der Waals surface area contributed by atoms with Crippen molar-refractivity contribution < 1.29 is 19.0 Å². The number of rotatable bonds is 20. The Morgan fingerprint density at radius 2 is 1.36 bits per heavy atom. The molecule has 3 heterocycles. The largest absolute Gasteiger partial charge is 0.494 e. The van der Waals surface area contributed by atoms with Gasteiger partial charge in [-0.1, -0.05) is 118 Å². The van der Waals surface area contributed by atoms with Gasteiger partial charge in [0, 0.05) is 10.3 Å². The molecule has 3 atom stereocenters. The normalized spacial score (nSPS) is 18.1. The van der Waals surface area contributed by atoms with E-state index in [9.17, 15) is 0 Å². The monoisotopic (exact) mass is 837 g/mol. The molecule has 0 saturated carbocycles. The fourth-order valence-corrected chi connectivity index (χ4v) is 10.5. The van der Waals surface area contributed by atoms with Crippen LogP contribution in [0.5, 0.6) is 17.2 Å². The number of unbranched alkanes of at least 4 members (excludes halogenated alkanes) is 3. The zero-order valence-electron chi connectivity index (χ0n) is 35.7. The van der Waals surface area contributed by atoms with Gasteiger partial charge in [-0.2, -0.15) is 0 Å². The summed E-state index contributed by atoms with van der Waals surface area (Å²) >= 11 is 1.83. The maximum atomic E-state index is 15.3. The summed E-state index contributed by atoms with van der Waals surface area (Å²) in [6, 6.07) is 44.8. The van der Waals surface area contributed by atoms with E-state index in [4.69, 9.17) is 14.2 Å². The lowest BCUT2D eigenvalue weighted by atomic mass is 9.91. The van der Waals surface area contributed by atoms with Gasteiger partial charge < -0.3 is 19.1 Å². The average molecular weight is 838 g/mol. The van der Waals surface area contributed by atoms with Crippen molar-refractivity contribution in [2.45, 2.75) is 102 Å². The van der Waals surface area contributed by atoms with Gasteiger partial charge in [0.15, 0.2) is 17.3 Å². The first kappa shape index (κ1) is 42.1. The van der Waals surface area contributed by atoms with E-state index in [0.717, 1.165) is 65.9 Å². The Morgan fingerprint density at radius 3 is 2.07 bits per heavy atom. The van der Waals surface area contributed by atoms with Gasteiger partial charge in [0.2, 0.25) is 6.04 Å². The van der Waals surface area contributed by atoms with Crippen LogP contribution in [0.15, 0.2) is 133 Å². The molecular weight excluding hydrogens is 781 g/mol. The van der Waals surface area contributed by atoms with Crippen LogP contribution >= 0.6 is 11.8 Å². The number of para-hydroxylation sites is 2. The predicted octanol–water partition coefficient (Wildman–Crippen LogP) is 10.7. The molecule has 1 aromatic heterocycles. The first-order valence-electron chi connectivity index (χ1n) is 21.7. The Labute approximate surface area is 364 Å². The van der Waals surface area contributed by atoms with Gasteiger partial charge in [-0.25, -0.2) is 9.16 Å². The number of quaternary nitrogens is 1. The van der Waals surface area contributed by atoms with Crippen molar-refractivity contribution in [2.75, 3.05) is 13.2 Å². The Balaban J connectivity index is 1.10. The lowest BCUT2D eigenvalue weighted by Crippen LogP contribution is -2.74. The maximum Gasteiger partial charge on any atom is 0.286 e. The molecule has 0 bridgehead atoms. The molecule has 1 amide bonds. The smallest absolute Gasteiger partial charge is 0.286 e. The van der Waals surface area contributed by atoms with Crippen LogP contribution in [0.1, 0.15) is 88.4 Å². The molecule has 10 nitrogen and oxygen atoms in total. The van der Waals surface area contributed by atoms with Gasteiger partial charge in [-0.15, -0.1) is 16.9 Å². The number of carbonyl (C=O) groups is 1. The van der Waals surface area contributed by atoms with Crippen LogP contribution in [0.4, 0.5) is 11.4 Å². The molecule has 0 radical (unpaired) electrons. The number of fused-ring (bicyclic) bond motifs is 1. The second-order valence-corrected chi connectivity index (χ2v) is 18.3. The van der Waals surface area contributed by atoms with Crippen LogP contribution < -0.4 is 18.7 Å². The van der Waals surface area contributed by atoms with Crippen molar-refractivity contribution in [2.24, 2.45) is 0 Å². The highest BCUT2D eigenvalue weighted by atomic mass is 32.2. The van der Waals surface area contributed by atoms with Crippen LogP contribution in [-0.2, 0) is 24.5 Å². The number of thioether (sulfide) groups is 1. The maximum absolute atomic E-state index is 15.3. The van der Waals surface area contributed by atoms with Crippen LogP contribution in [0.3, 0.4) is 0 Å². The Morgan fingerprint density at radius 1 is 0.689 bits per heavy atom. The van der Waals surface area contributed by atoms with Crippen LogP contribution in [-0.4, -0.2) is 60.4 Å². The van der Waals surface area contributed by atoms with Crippen LogP contribution in [0.25, 0.3) is 0 Å². The minimum absolute atomic E-state index is 0.0772. The van der Waals surface area contributed by atoms with Crippen LogP contribution in [0, 0.1) is 0 Å². The Hall–Kier alpha value is -5.65. The summed E-state index contributed by atoms with van der Waals surface area (Å²) in [5, 5.41) is 13.2. The van der Waals surface area contributed by atoms with Gasteiger partial charge in [-0.05, 0) is 96.8 Å². The molecule has 11 heteroatoms. The van der Waals surface area contributed by atoms with E-state index in [1.165, 1.54) is 0 Å². The standard InChI is InChI=1S/C50H57N6O4S/c1-5-7-18-31-59-44-33-38(28-29-43(44)60-36-37-20-12-9-13-21-37)34-54-47(51-52-53-54)46-50(3,4)61-49-45(48(57)55(46)49)56(40-23-14-10-15-24-40,41-25-16-11-17-26-41)35-39-22-19-27-42(32-39)58-30-8-6-2/h9-17,19-29,32-33,45-46,49H,5-8,18,30-31,34-36H2,1-4H3/q+1/t45?,46?,49-/m0/s1. The van der Waals surface area contributed by atoms with E-state index in [1.54, 1.807) is 0 Å². The minimum atomic E-state index is -0.413. The summed E-state index contributed by atoms with van der Waals surface area (Å²) in [5.74, 6) is 2.98. The number of ether oxygens (including phenoxy) is 3. The van der Waals surface area contributed by atoms with Gasteiger partial charge >= 0.3 is 0 Å². The lowest BCUT2D eigenvalue weighted by Gasteiger charge is -2.53. The molecule has 316 valence electrons. The number of hydrogen-bond donors (Lipinski definition) is 0. The number of nitrogens with zero attached hydrogens (tertiary/aromatic N) is 6. The highest BCUT2D eigenvalue weighted by Crippen LogP contribution is 2.61. The van der Waals surface area contributed by atoms with Crippen molar-refractivity contribution in [3.63, 3.8) is 0 Å². The van der Waals surface area contributed by atoms with Crippen molar-refractivity contribution in [1.29, 1.82) is 0 Å². The molecule has 2 unspecified atom stereocenters. The summed E-state index contributed by atoms with van der Waals surface area (Å²) < 4.78 is 20.6. The van der Waals surface area contributed by atoms with E-state index in [2.05, 4.69) is 122 Å². The van der Waals surface area contributed by atoms with Gasteiger partial charge in [0.1, 0.15) is 41.7 Å². The fourth-order valence-electron chi connectivity index (χ4n) is 8.76. The van der Waals surface area contributed by atoms with Gasteiger partial charge in [0.05, 0.1) is 19.8 Å². The molecule has 0 aliphatic carbocycles. The molecule has 0 N–H and O–H groups in total. The SMILES string of the molecule is CCCCCOc1cc(Cn2nnnc2C2N3C(=O)C([N+](Cc4cccc(OCCCC)c4)(c4ccccc4)c4ccccc4)[C@@H]3SC2(C)C)ccc1OCc1ccccc1. The molecule has 0 spiro atoms. The number of β-lactam (4-membered cyclic amide) rings is 1. The first-order valence-corrected chi connectivity index (χ1v) is 22.6. The number of tetrazole rings is 1. The lowest BCUT2D eigenvalue weighted by molar-refractivity contribution is -0.154. The zero-order valence-corrected chi connectivity index (χ0v) is 36.5. The number of carbonyl (C=O) groups excluding carboxylic acids is 1. The van der Waals surface area contributed by atoms with Gasteiger partial charge in [-0.3, -0.25) is 4.79 Å². The zero-order chi connectivity index (χ0) is 42.2. The Kier molecular flexibility index (Phi) is 13.1. The highest BCUT2D eigenvalue weighted by Gasteiger charge is 2.70. The summed E-state index contributed by atoms with van der Waals surface area (Å²) in [6.07, 6.45) is 5.23. The van der Waals surface area contributed by atoms with Crippen molar-refractivity contribution in [3.05, 3.63) is 156 Å². The number of hydrogen-bond acceptors (Lipinski definition) is 8. The summed E-state index contributed by atoms with van der Waals surface area (Å²) in [5.41, 5.74) is 5.27. The Bertz CT molecular complexity index is 2320. The molecule has 2 fully saturated rings. The van der Waals surface area contributed by atoms with E-state index in [1.807, 2.05) is 75.9 Å². The second kappa shape index (κ2) is 19.0. The summed E-state index contributed by atoms with van der Waals surface area (Å²) in [4.78, 5) is 17.3. The molecule has 8 rings (SSSR count). The number of benzene rings is 5. The molecular formula is C50H57N6O4S+. The molecule has 5 aromatic carbocycles.